The zero-order valence-corrected chi connectivity index (χ0v) is 11.3. The van der Waals surface area contributed by atoms with E-state index in [1.165, 1.54) is 11.8 Å². The Bertz CT molecular complexity index is 503. The molecule has 2 aromatic rings. The third kappa shape index (κ3) is 2.00. The second-order valence-corrected chi connectivity index (χ2v) is 4.76. The third-order valence-electron chi connectivity index (χ3n) is 1.97. The molecule has 0 bridgehead atoms. The van der Waals surface area contributed by atoms with E-state index in [0.717, 1.165) is 25.4 Å². The van der Waals surface area contributed by atoms with Gasteiger partial charge in [-0.1, -0.05) is 11.8 Å². The molecule has 0 aromatic carbocycles. The van der Waals surface area contributed by atoms with Crippen LogP contribution in [0.5, 0.6) is 0 Å². The maximum absolute atomic E-state index is 4.47. The van der Waals surface area contributed by atoms with Crippen molar-refractivity contribution in [2.24, 2.45) is 0 Å². The molecule has 0 spiro atoms. The first-order valence-corrected chi connectivity index (χ1v) is 6.59. The molecule has 15 heavy (non-hydrogen) atoms. The van der Waals surface area contributed by atoms with E-state index >= 15 is 0 Å². The molecule has 78 valence electrons. The van der Waals surface area contributed by atoms with Gasteiger partial charge >= 0.3 is 0 Å². The summed E-state index contributed by atoms with van der Waals surface area (Å²) in [6, 6.07) is 0. The minimum Gasteiger partial charge on any atom is -0.373 e. The van der Waals surface area contributed by atoms with Crippen molar-refractivity contribution in [1.82, 2.24) is 15.0 Å². The molecule has 2 aromatic heterocycles. The molecule has 0 saturated heterocycles. The van der Waals surface area contributed by atoms with Gasteiger partial charge in [-0.3, -0.25) is 0 Å². The summed E-state index contributed by atoms with van der Waals surface area (Å²) in [5.74, 6) is 0.818. The summed E-state index contributed by atoms with van der Waals surface area (Å²) in [6.07, 6.45) is 5.59. The minimum absolute atomic E-state index is 0.786. The van der Waals surface area contributed by atoms with Gasteiger partial charge < -0.3 is 5.32 Å². The molecule has 2 rings (SSSR count). The van der Waals surface area contributed by atoms with E-state index in [1.807, 2.05) is 25.7 Å². The second-order valence-electron chi connectivity index (χ2n) is 2.82. The lowest BCUT2D eigenvalue weighted by Gasteiger charge is -2.06. The quantitative estimate of drug-likeness (QED) is 0.520. The van der Waals surface area contributed by atoms with Gasteiger partial charge in [0.1, 0.15) is 5.82 Å². The number of thioether (sulfide) groups is 1. The van der Waals surface area contributed by atoms with Crippen LogP contribution in [0, 0.1) is 3.57 Å². The van der Waals surface area contributed by atoms with Crippen LogP contribution < -0.4 is 5.32 Å². The van der Waals surface area contributed by atoms with Crippen LogP contribution >= 0.6 is 34.4 Å². The lowest BCUT2D eigenvalue weighted by atomic mass is 10.3. The summed E-state index contributed by atoms with van der Waals surface area (Å²) in [5, 5.41) is 4.78. The van der Waals surface area contributed by atoms with Crippen LogP contribution in [0.4, 0.5) is 5.82 Å². The third-order valence-corrected chi connectivity index (χ3v) is 3.33. The van der Waals surface area contributed by atoms with Gasteiger partial charge in [0.15, 0.2) is 5.16 Å². The van der Waals surface area contributed by atoms with Gasteiger partial charge in [0.2, 0.25) is 0 Å². The van der Waals surface area contributed by atoms with Crippen LogP contribution in [-0.2, 0) is 0 Å². The first kappa shape index (κ1) is 10.9. The van der Waals surface area contributed by atoms with Gasteiger partial charge in [0.25, 0.3) is 0 Å². The topological polar surface area (TPSA) is 50.7 Å². The molecule has 0 radical (unpaired) electrons. The number of fused-ring (bicyclic) bond motifs is 1. The lowest BCUT2D eigenvalue weighted by molar-refractivity contribution is 1.00. The standard InChI is InChI=1S/C9H9IN4S/c1-11-8-5-3-13-9(15-2)14-7(5)6(10)4-12-8/h3-4H,1-2H3,(H,11,12). The van der Waals surface area contributed by atoms with E-state index < -0.39 is 0 Å². The van der Waals surface area contributed by atoms with Crippen molar-refractivity contribution in [3.8, 4) is 0 Å². The number of anilines is 1. The minimum atomic E-state index is 0.786. The first-order valence-electron chi connectivity index (χ1n) is 4.29. The van der Waals surface area contributed by atoms with Crippen molar-refractivity contribution < 1.29 is 0 Å². The Kier molecular flexibility index (Phi) is 3.25. The van der Waals surface area contributed by atoms with E-state index in [0.29, 0.717) is 0 Å². The largest absolute Gasteiger partial charge is 0.373 e. The van der Waals surface area contributed by atoms with Gasteiger partial charge in [-0.05, 0) is 28.8 Å². The Morgan fingerprint density at radius 2 is 2.13 bits per heavy atom. The molecule has 0 fully saturated rings. The Hall–Kier alpha value is -0.630. The van der Waals surface area contributed by atoms with Crippen molar-refractivity contribution >= 4 is 51.1 Å². The average Bonchev–Trinajstić information content (AvgIpc) is 2.29. The number of aromatic nitrogens is 3. The Morgan fingerprint density at radius 3 is 2.80 bits per heavy atom. The maximum atomic E-state index is 4.47. The van der Waals surface area contributed by atoms with Gasteiger partial charge in [0, 0.05) is 19.4 Å². The monoisotopic (exact) mass is 332 g/mol. The van der Waals surface area contributed by atoms with Gasteiger partial charge in [-0.15, -0.1) is 0 Å². The van der Waals surface area contributed by atoms with Crippen molar-refractivity contribution in [2.45, 2.75) is 5.16 Å². The summed E-state index contributed by atoms with van der Waals surface area (Å²) in [5.41, 5.74) is 0.953. The highest BCUT2D eigenvalue weighted by molar-refractivity contribution is 14.1. The predicted molar refractivity (Wildman–Crippen MR) is 71.4 cm³/mol. The van der Waals surface area contributed by atoms with Crippen LogP contribution in [0.1, 0.15) is 0 Å². The fourth-order valence-electron chi connectivity index (χ4n) is 1.27. The molecule has 4 nitrogen and oxygen atoms in total. The smallest absolute Gasteiger partial charge is 0.187 e. The fourth-order valence-corrected chi connectivity index (χ4v) is 2.16. The number of nitrogens with one attached hydrogen (secondary N) is 1. The molecule has 0 amide bonds. The lowest BCUT2D eigenvalue weighted by Crippen LogP contribution is -1.97. The highest BCUT2D eigenvalue weighted by atomic mass is 127. The Morgan fingerprint density at radius 1 is 1.33 bits per heavy atom. The van der Waals surface area contributed by atoms with E-state index in [1.54, 1.807) is 0 Å². The molecule has 0 aliphatic carbocycles. The molecule has 0 atom stereocenters. The number of hydrogen-bond donors (Lipinski definition) is 1. The van der Waals surface area contributed by atoms with Gasteiger partial charge in [0.05, 0.1) is 14.5 Å². The maximum Gasteiger partial charge on any atom is 0.187 e. The van der Waals surface area contributed by atoms with E-state index in [4.69, 9.17) is 0 Å². The van der Waals surface area contributed by atoms with E-state index in [2.05, 4.69) is 42.9 Å². The summed E-state index contributed by atoms with van der Waals surface area (Å²) in [7, 11) is 1.84. The van der Waals surface area contributed by atoms with Crippen molar-refractivity contribution in [1.29, 1.82) is 0 Å². The van der Waals surface area contributed by atoms with Crippen molar-refractivity contribution in [3.05, 3.63) is 16.0 Å². The summed E-state index contributed by atoms with van der Waals surface area (Å²) < 4.78 is 1.04. The molecule has 0 aliphatic heterocycles. The first-order chi connectivity index (χ1) is 7.26. The molecule has 0 unspecified atom stereocenters. The van der Waals surface area contributed by atoms with Crippen molar-refractivity contribution in [3.63, 3.8) is 0 Å². The molecule has 6 heteroatoms. The second kappa shape index (κ2) is 4.48. The van der Waals surface area contributed by atoms with Gasteiger partial charge in [-0.2, -0.15) is 0 Å². The highest BCUT2D eigenvalue weighted by Crippen LogP contribution is 2.24. The number of halogens is 1. The fraction of sp³-hybridized carbons (Fsp3) is 0.222. The van der Waals surface area contributed by atoms with E-state index in [-0.39, 0.29) is 0 Å². The molecule has 0 saturated carbocycles. The molecular weight excluding hydrogens is 323 g/mol. The number of nitrogens with zero attached hydrogens (tertiary/aromatic N) is 3. The highest BCUT2D eigenvalue weighted by Gasteiger charge is 2.07. The predicted octanol–water partition coefficient (Wildman–Crippen LogP) is 2.39. The van der Waals surface area contributed by atoms with Crippen LogP contribution in [-0.4, -0.2) is 28.3 Å². The van der Waals surface area contributed by atoms with Crippen LogP contribution in [0.15, 0.2) is 17.6 Å². The van der Waals surface area contributed by atoms with Crippen LogP contribution in [0.2, 0.25) is 0 Å². The molecule has 0 aliphatic rings. The van der Waals surface area contributed by atoms with E-state index in [9.17, 15) is 0 Å². The Labute approximate surface area is 105 Å². The number of pyridine rings is 1. The molecule has 1 N–H and O–H groups in total. The number of rotatable bonds is 2. The Balaban J connectivity index is 2.75. The molecular formula is C9H9IN4S. The summed E-state index contributed by atoms with van der Waals surface area (Å²) >= 11 is 3.77. The summed E-state index contributed by atoms with van der Waals surface area (Å²) in [4.78, 5) is 13.0. The van der Waals surface area contributed by atoms with Crippen LogP contribution in [0.3, 0.4) is 0 Å². The van der Waals surface area contributed by atoms with Crippen molar-refractivity contribution in [2.75, 3.05) is 18.6 Å². The average molecular weight is 332 g/mol. The van der Waals surface area contributed by atoms with Crippen LogP contribution in [0.25, 0.3) is 10.9 Å². The zero-order valence-electron chi connectivity index (χ0n) is 8.28. The summed E-state index contributed by atoms with van der Waals surface area (Å²) in [6.45, 7) is 0. The normalized spacial score (nSPS) is 10.6. The SMILES string of the molecule is CNc1ncc(I)c2nc(SC)ncc12. The number of hydrogen-bond acceptors (Lipinski definition) is 5. The zero-order chi connectivity index (χ0) is 10.8. The van der Waals surface area contributed by atoms with Gasteiger partial charge in [-0.25, -0.2) is 15.0 Å². The molecule has 2 heterocycles.